The molecule has 1 rings (SSSR count). The summed E-state index contributed by atoms with van der Waals surface area (Å²) in [5.41, 5.74) is 0.868. The van der Waals surface area contributed by atoms with Crippen LogP contribution in [0.25, 0.3) is 0 Å². The highest BCUT2D eigenvalue weighted by molar-refractivity contribution is 7.57. The molecule has 0 radical (unpaired) electrons. The maximum Gasteiger partial charge on any atom is 0.407 e. The Morgan fingerprint density at radius 2 is 2.00 bits per heavy atom. The molecule has 0 spiro atoms. The van der Waals surface area contributed by atoms with Gasteiger partial charge < -0.3 is 14.9 Å². The minimum atomic E-state index is -3.31. The first-order chi connectivity index (χ1) is 8.89. The summed E-state index contributed by atoms with van der Waals surface area (Å²) in [6, 6.07) is 9.24. The highest BCUT2D eigenvalue weighted by Gasteiger charge is 2.20. The lowest BCUT2D eigenvalue weighted by molar-refractivity contribution is 0.141. The van der Waals surface area contributed by atoms with E-state index in [2.05, 4.69) is 5.32 Å². The number of rotatable bonds is 6. The fraction of sp³-hybridized carbons (Fsp3) is 0.462. The third-order valence-corrected chi connectivity index (χ3v) is 4.29. The Morgan fingerprint density at radius 3 is 2.58 bits per heavy atom. The van der Waals surface area contributed by atoms with Crippen molar-refractivity contribution in [3.63, 3.8) is 0 Å². The average Bonchev–Trinajstić information content (AvgIpc) is 2.34. The SMILES string of the molecule is CC(C)CP(=O)(O)CNC(=O)OCc1ccccc1. The van der Waals surface area contributed by atoms with E-state index in [0.717, 1.165) is 5.56 Å². The topological polar surface area (TPSA) is 75.6 Å². The van der Waals surface area contributed by atoms with Crippen molar-refractivity contribution in [1.29, 1.82) is 0 Å². The highest BCUT2D eigenvalue weighted by atomic mass is 31.2. The molecule has 0 aliphatic heterocycles. The normalized spacial score (nSPS) is 13.9. The number of hydrogen-bond donors (Lipinski definition) is 2. The van der Waals surface area contributed by atoms with Crippen molar-refractivity contribution >= 4 is 13.5 Å². The molecule has 0 aliphatic rings. The average molecular weight is 285 g/mol. The highest BCUT2D eigenvalue weighted by Crippen LogP contribution is 2.40. The smallest absolute Gasteiger partial charge is 0.407 e. The summed E-state index contributed by atoms with van der Waals surface area (Å²) >= 11 is 0. The van der Waals surface area contributed by atoms with E-state index < -0.39 is 13.5 Å². The minimum Gasteiger partial charge on any atom is -0.445 e. The Kier molecular flexibility index (Phi) is 6.06. The zero-order valence-electron chi connectivity index (χ0n) is 11.2. The molecule has 2 N–H and O–H groups in total. The molecule has 19 heavy (non-hydrogen) atoms. The third kappa shape index (κ3) is 6.99. The minimum absolute atomic E-state index is 0.109. The van der Waals surface area contributed by atoms with Crippen LogP contribution >= 0.6 is 7.37 Å². The summed E-state index contributed by atoms with van der Waals surface area (Å²) in [4.78, 5) is 21.0. The molecule has 5 nitrogen and oxygen atoms in total. The van der Waals surface area contributed by atoms with Gasteiger partial charge in [-0.1, -0.05) is 44.2 Å². The number of nitrogens with one attached hydrogen (secondary N) is 1. The standard InChI is InChI=1S/C13H20NO4P/c1-11(2)9-19(16,17)10-14-13(15)18-8-12-6-4-3-5-7-12/h3-7,11H,8-10H2,1-2H3,(H,14,15)(H,16,17). The van der Waals surface area contributed by atoms with Crippen molar-refractivity contribution < 1.29 is 19.0 Å². The summed E-state index contributed by atoms with van der Waals surface area (Å²) in [5, 5.41) is 2.32. The lowest BCUT2D eigenvalue weighted by Crippen LogP contribution is -2.26. The zero-order valence-corrected chi connectivity index (χ0v) is 12.1. The molecule has 0 aromatic heterocycles. The quantitative estimate of drug-likeness (QED) is 0.788. The summed E-state index contributed by atoms with van der Waals surface area (Å²) in [6.07, 6.45) is -0.744. The van der Waals surface area contributed by atoms with Gasteiger partial charge in [-0.3, -0.25) is 4.57 Å². The number of benzene rings is 1. The van der Waals surface area contributed by atoms with Crippen molar-refractivity contribution in [2.75, 3.05) is 12.4 Å². The van der Waals surface area contributed by atoms with E-state index in [1.54, 1.807) is 0 Å². The molecule has 1 aromatic rings. The van der Waals surface area contributed by atoms with Gasteiger partial charge in [-0.15, -0.1) is 0 Å². The number of hydrogen-bond acceptors (Lipinski definition) is 3. The third-order valence-electron chi connectivity index (χ3n) is 2.33. The fourth-order valence-electron chi connectivity index (χ4n) is 1.60. The maximum atomic E-state index is 11.7. The van der Waals surface area contributed by atoms with Crippen LogP contribution in [0.1, 0.15) is 19.4 Å². The van der Waals surface area contributed by atoms with Gasteiger partial charge in [-0.25, -0.2) is 4.79 Å². The summed E-state index contributed by atoms with van der Waals surface area (Å²) in [6.45, 7) is 3.86. The molecule has 0 aliphatic carbocycles. The molecule has 0 saturated carbocycles. The van der Waals surface area contributed by atoms with Crippen LogP contribution in [-0.4, -0.2) is 23.4 Å². The molecule has 1 amide bonds. The van der Waals surface area contributed by atoms with E-state index in [4.69, 9.17) is 4.74 Å². The number of carbonyl (C=O) groups is 1. The molecule has 1 atom stereocenters. The van der Waals surface area contributed by atoms with Crippen LogP contribution in [0.5, 0.6) is 0 Å². The van der Waals surface area contributed by atoms with Crippen LogP contribution in [0.3, 0.4) is 0 Å². The van der Waals surface area contributed by atoms with E-state index in [9.17, 15) is 14.3 Å². The number of amides is 1. The Morgan fingerprint density at radius 1 is 1.37 bits per heavy atom. The van der Waals surface area contributed by atoms with Gasteiger partial charge in [0.15, 0.2) is 0 Å². The lowest BCUT2D eigenvalue weighted by atomic mass is 10.2. The number of carbonyl (C=O) groups excluding carboxylic acids is 1. The zero-order chi connectivity index (χ0) is 14.3. The molecule has 0 saturated heterocycles. The largest absolute Gasteiger partial charge is 0.445 e. The maximum absolute atomic E-state index is 11.7. The van der Waals surface area contributed by atoms with Crippen molar-refractivity contribution in [2.24, 2.45) is 5.92 Å². The van der Waals surface area contributed by atoms with Crippen LogP contribution in [-0.2, 0) is 15.9 Å². The van der Waals surface area contributed by atoms with Crippen LogP contribution in [0.15, 0.2) is 30.3 Å². The molecule has 106 valence electrons. The first-order valence-corrected chi connectivity index (χ1v) is 8.17. The van der Waals surface area contributed by atoms with Crippen molar-refractivity contribution in [3.8, 4) is 0 Å². The molecule has 0 bridgehead atoms. The Bertz CT molecular complexity index is 447. The van der Waals surface area contributed by atoms with Gasteiger partial charge in [0.1, 0.15) is 6.61 Å². The van der Waals surface area contributed by atoms with Gasteiger partial charge in [0, 0.05) is 6.16 Å². The Balaban J connectivity index is 2.30. The molecule has 0 fully saturated rings. The molecule has 1 unspecified atom stereocenters. The van der Waals surface area contributed by atoms with Crippen LogP contribution < -0.4 is 5.32 Å². The first kappa shape index (κ1) is 15.7. The summed E-state index contributed by atoms with van der Waals surface area (Å²) in [7, 11) is -3.31. The summed E-state index contributed by atoms with van der Waals surface area (Å²) in [5.74, 6) is 0.109. The van der Waals surface area contributed by atoms with Crippen molar-refractivity contribution in [1.82, 2.24) is 5.32 Å². The van der Waals surface area contributed by atoms with E-state index in [1.807, 2.05) is 44.2 Å². The molecular weight excluding hydrogens is 265 g/mol. The predicted octanol–water partition coefficient (Wildman–Crippen LogP) is 2.80. The van der Waals surface area contributed by atoms with Crippen LogP contribution in [0.4, 0.5) is 4.79 Å². The van der Waals surface area contributed by atoms with Gasteiger partial charge >= 0.3 is 6.09 Å². The van der Waals surface area contributed by atoms with Gasteiger partial charge in [0.25, 0.3) is 0 Å². The number of ether oxygens (including phenoxy) is 1. The van der Waals surface area contributed by atoms with Crippen molar-refractivity contribution in [2.45, 2.75) is 20.5 Å². The van der Waals surface area contributed by atoms with Gasteiger partial charge in [-0.2, -0.15) is 0 Å². The second-order valence-electron chi connectivity index (χ2n) is 4.82. The Hall–Kier alpha value is -1.32. The number of alkyl carbamates (subject to hydrolysis) is 1. The van der Waals surface area contributed by atoms with Gasteiger partial charge in [0.05, 0.1) is 6.29 Å². The van der Waals surface area contributed by atoms with Crippen LogP contribution in [0.2, 0.25) is 0 Å². The van der Waals surface area contributed by atoms with Gasteiger partial charge in [-0.05, 0) is 11.5 Å². The van der Waals surface area contributed by atoms with E-state index in [-0.39, 0.29) is 25.0 Å². The van der Waals surface area contributed by atoms with E-state index in [1.165, 1.54) is 0 Å². The molecule has 0 heterocycles. The predicted molar refractivity (Wildman–Crippen MR) is 74.2 cm³/mol. The van der Waals surface area contributed by atoms with E-state index in [0.29, 0.717) is 0 Å². The lowest BCUT2D eigenvalue weighted by Gasteiger charge is -2.14. The van der Waals surface area contributed by atoms with Crippen LogP contribution in [0, 0.1) is 5.92 Å². The molecule has 1 aromatic carbocycles. The summed E-state index contributed by atoms with van der Waals surface area (Å²) < 4.78 is 16.6. The van der Waals surface area contributed by atoms with Crippen molar-refractivity contribution in [3.05, 3.63) is 35.9 Å². The first-order valence-electron chi connectivity index (χ1n) is 6.14. The van der Waals surface area contributed by atoms with E-state index >= 15 is 0 Å². The second-order valence-corrected chi connectivity index (χ2v) is 7.19. The second kappa shape index (κ2) is 7.31. The fourth-order valence-corrected chi connectivity index (χ4v) is 3.24. The van der Waals surface area contributed by atoms with Gasteiger partial charge in [0.2, 0.25) is 7.37 Å². The monoisotopic (exact) mass is 285 g/mol. The molecular formula is C13H20NO4P. The Labute approximate surface area is 113 Å². The molecule has 6 heteroatoms.